The van der Waals surface area contributed by atoms with E-state index in [-0.39, 0.29) is 16.7 Å². The van der Waals surface area contributed by atoms with Gasteiger partial charge in [-0.05, 0) is 42.8 Å². The highest BCUT2D eigenvalue weighted by Crippen LogP contribution is 2.24. The van der Waals surface area contributed by atoms with Crippen LogP contribution in [0.25, 0.3) is 0 Å². The molecule has 0 aromatic heterocycles. The smallest absolute Gasteiger partial charge is 0.255 e. The lowest BCUT2D eigenvalue weighted by atomic mass is 10.2. The molecule has 0 aliphatic carbocycles. The van der Waals surface area contributed by atoms with Gasteiger partial charge in [-0.3, -0.25) is 4.79 Å². The van der Waals surface area contributed by atoms with Gasteiger partial charge < -0.3 is 10.4 Å². The number of hydrogen-bond donors (Lipinski definition) is 2. The summed E-state index contributed by atoms with van der Waals surface area (Å²) >= 11 is 5.76. The Balaban J connectivity index is 2.19. The first-order valence-electron chi connectivity index (χ1n) is 5.43. The van der Waals surface area contributed by atoms with Crippen molar-refractivity contribution in [2.75, 3.05) is 5.32 Å². The number of phenolic OH excluding ortho intramolecular Hbond substituents is 1. The van der Waals surface area contributed by atoms with Crippen molar-refractivity contribution >= 4 is 23.2 Å². The molecule has 2 rings (SSSR count). The minimum absolute atomic E-state index is 0.0382. The lowest BCUT2D eigenvalue weighted by Crippen LogP contribution is -2.11. The summed E-state index contributed by atoms with van der Waals surface area (Å²) in [6, 6.07) is 11.9. The highest BCUT2D eigenvalue weighted by atomic mass is 35.5. The third-order valence-electron chi connectivity index (χ3n) is 2.49. The molecular weight excluding hydrogens is 250 g/mol. The molecule has 0 aliphatic heterocycles. The Hall–Kier alpha value is -2.00. The van der Waals surface area contributed by atoms with Crippen LogP contribution in [0.2, 0.25) is 5.02 Å². The van der Waals surface area contributed by atoms with Crippen molar-refractivity contribution in [2.24, 2.45) is 0 Å². The van der Waals surface area contributed by atoms with Crippen molar-refractivity contribution < 1.29 is 9.90 Å². The Morgan fingerprint density at radius 2 is 2.00 bits per heavy atom. The van der Waals surface area contributed by atoms with Gasteiger partial charge in [0.25, 0.3) is 5.91 Å². The van der Waals surface area contributed by atoms with Gasteiger partial charge in [-0.1, -0.05) is 23.7 Å². The predicted molar refractivity (Wildman–Crippen MR) is 72.2 cm³/mol. The number of rotatable bonds is 2. The van der Waals surface area contributed by atoms with Gasteiger partial charge in [-0.25, -0.2) is 0 Å². The van der Waals surface area contributed by atoms with Crippen LogP contribution in [-0.2, 0) is 0 Å². The first kappa shape index (κ1) is 12.5. The SMILES string of the molecule is Cc1cccc(NC(=O)c2ccc(O)c(Cl)c2)c1. The maximum atomic E-state index is 11.9. The van der Waals surface area contributed by atoms with E-state index in [2.05, 4.69) is 5.32 Å². The third kappa shape index (κ3) is 2.81. The highest BCUT2D eigenvalue weighted by Gasteiger charge is 2.08. The number of halogens is 1. The molecule has 0 aliphatic rings. The quantitative estimate of drug-likeness (QED) is 0.868. The number of carbonyl (C=O) groups is 1. The lowest BCUT2D eigenvalue weighted by Gasteiger charge is -2.06. The van der Waals surface area contributed by atoms with Crippen molar-refractivity contribution in [1.29, 1.82) is 0 Å². The molecule has 2 aromatic rings. The number of amides is 1. The summed E-state index contributed by atoms with van der Waals surface area (Å²) in [5, 5.41) is 12.2. The molecule has 0 bridgehead atoms. The first-order valence-corrected chi connectivity index (χ1v) is 5.80. The van der Waals surface area contributed by atoms with Crippen LogP contribution < -0.4 is 5.32 Å². The van der Waals surface area contributed by atoms with E-state index >= 15 is 0 Å². The summed E-state index contributed by atoms with van der Waals surface area (Å²) in [7, 11) is 0. The fourth-order valence-corrected chi connectivity index (χ4v) is 1.75. The number of carbonyl (C=O) groups excluding carboxylic acids is 1. The van der Waals surface area contributed by atoms with Gasteiger partial charge in [0, 0.05) is 11.3 Å². The fraction of sp³-hybridized carbons (Fsp3) is 0.0714. The van der Waals surface area contributed by atoms with E-state index in [1.165, 1.54) is 18.2 Å². The van der Waals surface area contributed by atoms with Crippen molar-refractivity contribution in [3.05, 3.63) is 58.6 Å². The Morgan fingerprint density at radius 3 is 2.67 bits per heavy atom. The van der Waals surface area contributed by atoms with Crippen molar-refractivity contribution in [1.82, 2.24) is 0 Å². The second-order valence-corrected chi connectivity index (χ2v) is 4.40. The molecule has 18 heavy (non-hydrogen) atoms. The summed E-state index contributed by atoms with van der Waals surface area (Å²) in [5.74, 6) is -0.300. The largest absolute Gasteiger partial charge is 0.506 e. The minimum Gasteiger partial charge on any atom is -0.506 e. The van der Waals surface area contributed by atoms with Crippen LogP contribution in [0, 0.1) is 6.92 Å². The molecule has 1 amide bonds. The number of aromatic hydroxyl groups is 1. The molecule has 2 N–H and O–H groups in total. The van der Waals surface area contributed by atoms with Crippen molar-refractivity contribution in [2.45, 2.75) is 6.92 Å². The maximum absolute atomic E-state index is 11.9. The van der Waals surface area contributed by atoms with E-state index in [4.69, 9.17) is 11.6 Å². The van der Waals surface area contributed by atoms with Crippen LogP contribution in [0.3, 0.4) is 0 Å². The van der Waals surface area contributed by atoms with Crippen LogP contribution in [0.5, 0.6) is 5.75 Å². The van der Waals surface area contributed by atoms with Crippen molar-refractivity contribution in [3.8, 4) is 5.75 Å². The van der Waals surface area contributed by atoms with E-state index in [0.29, 0.717) is 5.56 Å². The van der Waals surface area contributed by atoms with Crippen LogP contribution >= 0.6 is 11.6 Å². The van der Waals surface area contributed by atoms with E-state index in [1.807, 2.05) is 31.2 Å². The van der Waals surface area contributed by atoms with Crippen molar-refractivity contribution in [3.63, 3.8) is 0 Å². The number of nitrogens with one attached hydrogen (secondary N) is 1. The van der Waals surface area contributed by atoms with Crippen LogP contribution in [0.1, 0.15) is 15.9 Å². The molecule has 0 saturated carbocycles. The van der Waals surface area contributed by atoms with E-state index < -0.39 is 0 Å². The number of aryl methyl sites for hydroxylation is 1. The van der Waals surface area contributed by atoms with E-state index in [1.54, 1.807) is 0 Å². The number of benzene rings is 2. The van der Waals surface area contributed by atoms with E-state index in [0.717, 1.165) is 11.3 Å². The normalized spacial score (nSPS) is 10.1. The van der Waals surface area contributed by atoms with Gasteiger partial charge >= 0.3 is 0 Å². The van der Waals surface area contributed by atoms with Gasteiger partial charge in [-0.15, -0.1) is 0 Å². The lowest BCUT2D eigenvalue weighted by molar-refractivity contribution is 0.102. The highest BCUT2D eigenvalue weighted by molar-refractivity contribution is 6.32. The topological polar surface area (TPSA) is 49.3 Å². The molecule has 0 atom stereocenters. The standard InChI is InChI=1S/C14H12ClNO2/c1-9-3-2-4-11(7-9)16-14(18)10-5-6-13(17)12(15)8-10/h2-8,17H,1H3,(H,16,18). The molecule has 0 saturated heterocycles. The summed E-state index contributed by atoms with van der Waals surface area (Å²) in [6.45, 7) is 1.95. The van der Waals surface area contributed by atoms with Crippen LogP contribution in [0.4, 0.5) is 5.69 Å². The molecule has 0 unspecified atom stereocenters. The fourth-order valence-electron chi connectivity index (χ4n) is 1.57. The molecular formula is C14H12ClNO2. The zero-order valence-electron chi connectivity index (χ0n) is 9.77. The van der Waals surface area contributed by atoms with Crippen LogP contribution in [-0.4, -0.2) is 11.0 Å². The molecule has 92 valence electrons. The number of hydrogen-bond acceptors (Lipinski definition) is 2. The van der Waals surface area contributed by atoms with Crippen LogP contribution in [0.15, 0.2) is 42.5 Å². The average molecular weight is 262 g/mol. The maximum Gasteiger partial charge on any atom is 0.255 e. The molecule has 2 aromatic carbocycles. The summed E-state index contributed by atoms with van der Waals surface area (Å²) in [6.07, 6.45) is 0. The molecule has 0 heterocycles. The van der Waals surface area contributed by atoms with Gasteiger partial charge in [-0.2, -0.15) is 0 Å². The number of anilines is 1. The molecule has 0 fully saturated rings. The average Bonchev–Trinajstić information content (AvgIpc) is 2.32. The molecule has 0 spiro atoms. The first-order chi connectivity index (χ1) is 8.56. The molecule has 3 nitrogen and oxygen atoms in total. The van der Waals surface area contributed by atoms with Gasteiger partial charge in [0.2, 0.25) is 0 Å². The Labute approximate surface area is 110 Å². The van der Waals surface area contributed by atoms with Gasteiger partial charge in [0.1, 0.15) is 5.75 Å². The summed E-state index contributed by atoms with van der Waals surface area (Å²) in [5.41, 5.74) is 2.19. The minimum atomic E-state index is -0.262. The predicted octanol–water partition coefficient (Wildman–Crippen LogP) is 3.61. The van der Waals surface area contributed by atoms with E-state index in [9.17, 15) is 9.90 Å². The molecule has 0 radical (unpaired) electrons. The summed E-state index contributed by atoms with van der Waals surface area (Å²) < 4.78 is 0. The zero-order valence-corrected chi connectivity index (χ0v) is 10.5. The zero-order chi connectivity index (χ0) is 13.1. The third-order valence-corrected chi connectivity index (χ3v) is 2.79. The molecule has 4 heteroatoms. The summed E-state index contributed by atoms with van der Waals surface area (Å²) in [4.78, 5) is 11.9. The number of phenols is 1. The second kappa shape index (κ2) is 5.10. The Morgan fingerprint density at radius 1 is 1.22 bits per heavy atom. The monoisotopic (exact) mass is 261 g/mol. The Bertz CT molecular complexity index is 596. The van der Waals surface area contributed by atoms with Gasteiger partial charge in [0.05, 0.1) is 5.02 Å². The Kier molecular flexibility index (Phi) is 3.53. The second-order valence-electron chi connectivity index (χ2n) is 3.99. The van der Waals surface area contributed by atoms with Gasteiger partial charge in [0.15, 0.2) is 0 Å².